The molecule has 3 rings (SSSR count). The van der Waals surface area contributed by atoms with Crippen molar-refractivity contribution in [3.05, 3.63) is 60.2 Å². The van der Waals surface area contributed by atoms with Crippen LogP contribution in [0.1, 0.15) is 17.7 Å². The molecule has 0 aliphatic carbocycles. The minimum atomic E-state index is -0.397. The van der Waals surface area contributed by atoms with E-state index in [-0.39, 0.29) is 6.61 Å². The maximum absolute atomic E-state index is 11.7. The van der Waals surface area contributed by atoms with Gasteiger partial charge in [0.05, 0.1) is 5.69 Å². The summed E-state index contributed by atoms with van der Waals surface area (Å²) in [5.74, 6) is 0. The van der Waals surface area contributed by atoms with Crippen LogP contribution in [0.4, 0.5) is 4.79 Å². The van der Waals surface area contributed by atoms with Gasteiger partial charge in [-0.05, 0) is 24.7 Å². The van der Waals surface area contributed by atoms with Gasteiger partial charge in [-0.3, -0.25) is 0 Å². The number of ether oxygens (including phenoxy) is 1. The maximum atomic E-state index is 11.7. The number of carbonyl (C=O) groups is 1. The molecule has 7 heteroatoms. The smallest absolute Gasteiger partial charge is 0.407 e. The average molecular weight is 356 g/mol. The van der Waals surface area contributed by atoms with E-state index in [2.05, 4.69) is 15.3 Å². The van der Waals surface area contributed by atoms with Gasteiger partial charge in [-0.15, -0.1) is 11.8 Å². The van der Waals surface area contributed by atoms with Crippen LogP contribution in [0.25, 0.3) is 5.65 Å². The molecule has 0 spiro atoms. The second-order valence-electron chi connectivity index (χ2n) is 5.49. The van der Waals surface area contributed by atoms with Crippen molar-refractivity contribution in [3.8, 4) is 0 Å². The number of fused-ring (bicyclic) bond motifs is 1. The molecule has 0 radical (unpaired) electrons. The number of aryl methyl sites for hydroxylation is 1. The van der Waals surface area contributed by atoms with Gasteiger partial charge in [0, 0.05) is 25.1 Å². The number of nitrogens with one attached hydrogen (secondary N) is 1. The van der Waals surface area contributed by atoms with Crippen molar-refractivity contribution in [3.63, 3.8) is 0 Å². The van der Waals surface area contributed by atoms with Crippen LogP contribution in [-0.4, -0.2) is 33.3 Å². The van der Waals surface area contributed by atoms with Crippen molar-refractivity contribution in [2.75, 3.05) is 12.8 Å². The largest absolute Gasteiger partial charge is 0.445 e. The Labute approximate surface area is 150 Å². The van der Waals surface area contributed by atoms with Gasteiger partial charge in [-0.25, -0.2) is 14.8 Å². The molecule has 1 N–H and O–H groups in total. The zero-order valence-corrected chi connectivity index (χ0v) is 14.8. The van der Waals surface area contributed by atoms with E-state index >= 15 is 0 Å². The average Bonchev–Trinajstić information content (AvgIpc) is 3.12. The number of nitrogens with zero attached hydrogens (tertiary/aromatic N) is 3. The summed E-state index contributed by atoms with van der Waals surface area (Å²) in [6.45, 7) is 0.828. The molecule has 0 unspecified atom stereocenters. The molecule has 1 aromatic carbocycles. The number of rotatable bonds is 7. The highest BCUT2D eigenvalue weighted by Gasteiger charge is 2.07. The molecule has 2 heterocycles. The molecule has 3 aromatic rings. The fourth-order valence-corrected chi connectivity index (χ4v) is 2.99. The molecule has 0 atom stereocenters. The van der Waals surface area contributed by atoms with Gasteiger partial charge in [0.1, 0.15) is 11.6 Å². The highest BCUT2D eigenvalue weighted by molar-refractivity contribution is 7.98. The summed E-state index contributed by atoms with van der Waals surface area (Å²) >= 11 is 1.58. The van der Waals surface area contributed by atoms with Gasteiger partial charge in [0.25, 0.3) is 0 Å². The highest BCUT2D eigenvalue weighted by atomic mass is 32.2. The summed E-state index contributed by atoms with van der Waals surface area (Å²) in [5, 5.41) is 3.69. The molecule has 0 aliphatic rings. The van der Waals surface area contributed by atoms with Crippen molar-refractivity contribution in [2.45, 2.75) is 24.5 Å². The van der Waals surface area contributed by atoms with Gasteiger partial charge in [-0.1, -0.05) is 30.3 Å². The standard InChI is InChI=1S/C18H20N4O2S/c1-25-17-16-19-10-11-22(16)12-15(21-17)8-5-9-20-18(23)24-13-14-6-3-2-4-7-14/h2-4,6-7,10-12H,5,8-9,13H2,1H3,(H,20,23). The van der Waals surface area contributed by atoms with Gasteiger partial charge in [-0.2, -0.15) is 0 Å². The highest BCUT2D eigenvalue weighted by Crippen LogP contribution is 2.18. The second-order valence-corrected chi connectivity index (χ2v) is 6.29. The van der Waals surface area contributed by atoms with Crippen LogP contribution in [0, 0.1) is 0 Å². The Hall–Kier alpha value is -2.54. The molecule has 1 amide bonds. The first-order valence-electron chi connectivity index (χ1n) is 8.07. The predicted octanol–water partition coefficient (Wildman–Crippen LogP) is 3.31. The number of thioether (sulfide) groups is 1. The van der Waals surface area contributed by atoms with Crippen molar-refractivity contribution in [1.29, 1.82) is 0 Å². The van der Waals surface area contributed by atoms with Gasteiger partial charge >= 0.3 is 6.09 Å². The fourth-order valence-electron chi connectivity index (χ4n) is 2.44. The molecule has 0 bridgehead atoms. The third kappa shape index (κ3) is 4.73. The first kappa shape index (κ1) is 17.3. The Balaban J connectivity index is 1.43. The van der Waals surface area contributed by atoms with Crippen LogP contribution in [0.2, 0.25) is 0 Å². The van der Waals surface area contributed by atoms with Gasteiger partial charge < -0.3 is 14.5 Å². The molecule has 0 aliphatic heterocycles. The molecule has 2 aromatic heterocycles. The lowest BCUT2D eigenvalue weighted by Crippen LogP contribution is -2.25. The molecule has 0 saturated carbocycles. The summed E-state index contributed by atoms with van der Waals surface area (Å²) in [6, 6.07) is 9.62. The Morgan fingerprint density at radius 1 is 1.32 bits per heavy atom. The number of benzene rings is 1. The number of aromatic nitrogens is 3. The van der Waals surface area contributed by atoms with E-state index in [1.807, 2.05) is 53.4 Å². The molecule has 0 fully saturated rings. The van der Waals surface area contributed by atoms with E-state index in [9.17, 15) is 4.79 Å². The third-order valence-corrected chi connectivity index (χ3v) is 4.34. The summed E-state index contributed by atoms with van der Waals surface area (Å²) in [6.07, 6.45) is 8.83. The molecule has 130 valence electrons. The van der Waals surface area contributed by atoms with Crippen LogP contribution < -0.4 is 5.32 Å². The van der Waals surface area contributed by atoms with Crippen LogP contribution in [-0.2, 0) is 17.8 Å². The van der Waals surface area contributed by atoms with E-state index in [1.54, 1.807) is 18.0 Å². The minimum absolute atomic E-state index is 0.280. The molecule has 6 nitrogen and oxygen atoms in total. The van der Waals surface area contributed by atoms with Crippen molar-refractivity contribution >= 4 is 23.5 Å². The fraction of sp³-hybridized carbons (Fsp3) is 0.278. The SMILES string of the molecule is CSc1nc(CCCNC(=O)OCc2ccccc2)cn2ccnc12. The van der Waals surface area contributed by atoms with Gasteiger partial charge in [0.15, 0.2) is 5.65 Å². The topological polar surface area (TPSA) is 68.5 Å². The second kappa shape index (κ2) is 8.53. The quantitative estimate of drug-likeness (QED) is 0.520. The summed E-state index contributed by atoms with van der Waals surface area (Å²) in [7, 11) is 0. The lowest BCUT2D eigenvalue weighted by atomic mass is 10.2. The van der Waals surface area contributed by atoms with Crippen molar-refractivity contribution in [1.82, 2.24) is 19.7 Å². The molecule has 25 heavy (non-hydrogen) atoms. The summed E-state index contributed by atoms with van der Waals surface area (Å²) in [4.78, 5) is 20.6. The normalized spacial score (nSPS) is 10.8. The molecule has 0 saturated heterocycles. The van der Waals surface area contributed by atoms with Gasteiger partial charge in [0.2, 0.25) is 0 Å². The Kier molecular flexibility index (Phi) is 5.90. The lowest BCUT2D eigenvalue weighted by Gasteiger charge is -2.08. The van der Waals surface area contributed by atoms with Crippen molar-refractivity contribution in [2.24, 2.45) is 0 Å². The summed E-state index contributed by atoms with van der Waals surface area (Å²) < 4.78 is 7.16. The van der Waals surface area contributed by atoms with E-state index < -0.39 is 6.09 Å². The van der Waals surface area contributed by atoms with Crippen molar-refractivity contribution < 1.29 is 9.53 Å². The number of carbonyl (C=O) groups excluding carboxylic acids is 1. The molecular formula is C18H20N4O2S. The zero-order valence-electron chi connectivity index (χ0n) is 14.0. The lowest BCUT2D eigenvalue weighted by molar-refractivity contribution is 0.139. The first-order valence-corrected chi connectivity index (χ1v) is 9.30. The Morgan fingerprint density at radius 3 is 2.96 bits per heavy atom. The third-order valence-electron chi connectivity index (χ3n) is 3.68. The van der Waals surface area contributed by atoms with Crippen LogP contribution in [0.5, 0.6) is 0 Å². The zero-order chi connectivity index (χ0) is 17.5. The predicted molar refractivity (Wildman–Crippen MR) is 97.7 cm³/mol. The number of amides is 1. The molecular weight excluding hydrogens is 336 g/mol. The number of alkyl carbamates (subject to hydrolysis) is 1. The van der Waals surface area contributed by atoms with E-state index in [0.29, 0.717) is 6.54 Å². The number of hydrogen-bond donors (Lipinski definition) is 1. The monoisotopic (exact) mass is 356 g/mol. The number of hydrogen-bond acceptors (Lipinski definition) is 5. The van der Waals surface area contributed by atoms with Crippen LogP contribution >= 0.6 is 11.8 Å². The Bertz CT molecular complexity index is 835. The number of imidazole rings is 1. The maximum Gasteiger partial charge on any atom is 0.407 e. The van der Waals surface area contributed by atoms with E-state index in [1.165, 1.54) is 0 Å². The first-order chi connectivity index (χ1) is 12.3. The minimum Gasteiger partial charge on any atom is -0.445 e. The van der Waals surface area contributed by atoms with Crippen LogP contribution in [0.3, 0.4) is 0 Å². The van der Waals surface area contributed by atoms with E-state index in [4.69, 9.17) is 4.74 Å². The Morgan fingerprint density at radius 2 is 2.16 bits per heavy atom. The van der Waals surface area contributed by atoms with Crippen LogP contribution in [0.15, 0.2) is 53.9 Å². The van der Waals surface area contributed by atoms with E-state index in [0.717, 1.165) is 34.8 Å². The summed E-state index contributed by atoms with van der Waals surface area (Å²) in [5.41, 5.74) is 2.83.